The van der Waals surface area contributed by atoms with Gasteiger partial charge in [0, 0.05) is 17.6 Å². The van der Waals surface area contributed by atoms with Gasteiger partial charge in [0.05, 0.1) is 24.6 Å². The zero-order valence-electron chi connectivity index (χ0n) is 17.8. The Morgan fingerprint density at radius 1 is 1.25 bits per heavy atom. The minimum Gasteiger partial charge on any atom is -0.494 e. The summed E-state index contributed by atoms with van der Waals surface area (Å²) in [6.07, 6.45) is 6.11. The SMILES string of the molecule is COc1ccc(F)c(-c2nc(C(=O)Nc3cnccc3[C@@H]3C[C@H](C)C[C@@H](N)C3)cs2)c1F. The van der Waals surface area contributed by atoms with Gasteiger partial charge in [-0.3, -0.25) is 9.78 Å². The van der Waals surface area contributed by atoms with Crippen molar-refractivity contribution in [3.8, 4) is 16.3 Å². The Labute approximate surface area is 188 Å². The molecule has 32 heavy (non-hydrogen) atoms. The maximum absolute atomic E-state index is 14.6. The number of hydrogen-bond donors (Lipinski definition) is 2. The summed E-state index contributed by atoms with van der Waals surface area (Å²) in [5.74, 6) is -1.48. The van der Waals surface area contributed by atoms with Crippen LogP contribution < -0.4 is 15.8 Å². The Morgan fingerprint density at radius 3 is 2.81 bits per heavy atom. The molecule has 0 aliphatic heterocycles. The maximum atomic E-state index is 14.6. The van der Waals surface area contributed by atoms with Crippen molar-refractivity contribution in [1.29, 1.82) is 0 Å². The Kier molecular flexibility index (Phi) is 6.48. The fourth-order valence-electron chi connectivity index (χ4n) is 4.34. The van der Waals surface area contributed by atoms with Crippen LogP contribution >= 0.6 is 11.3 Å². The van der Waals surface area contributed by atoms with E-state index in [1.807, 2.05) is 6.07 Å². The second kappa shape index (κ2) is 9.30. The fraction of sp³-hybridized carbons (Fsp3) is 0.348. The summed E-state index contributed by atoms with van der Waals surface area (Å²) in [5.41, 5.74) is 7.54. The van der Waals surface area contributed by atoms with E-state index in [0.29, 0.717) is 11.6 Å². The van der Waals surface area contributed by atoms with Crippen molar-refractivity contribution in [1.82, 2.24) is 9.97 Å². The molecule has 168 valence electrons. The molecule has 1 aromatic carbocycles. The molecule has 0 bridgehead atoms. The average Bonchev–Trinajstić information content (AvgIpc) is 3.23. The van der Waals surface area contributed by atoms with Gasteiger partial charge in [-0.25, -0.2) is 13.8 Å². The van der Waals surface area contributed by atoms with Crippen LogP contribution in [0, 0.1) is 17.6 Å². The van der Waals surface area contributed by atoms with Gasteiger partial charge in [0.1, 0.15) is 16.5 Å². The summed E-state index contributed by atoms with van der Waals surface area (Å²) in [5, 5.41) is 4.39. The zero-order valence-corrected chi connectivity index (χ0v) is 18.6. The van der Waals surface area contributed by atoms with Gasteiger partial charge < -0.3 is 15.8 Å². The quantitative estimate of drug-likeness (QED) is 0.563. The summed E-state index contributed by atoms with van der Waals surface area (Å²) in [7, 11) is 1.30. The number of methoxy groups -OCH3 is 1. The van der Waals surface area contributed by atoms with Gasteiger partial charge in [-0.2, -0.15) is 0 Å². The van der Waals surface area contributed by atoms with Gasteiger partial charge >= 0.3 is 0 Å². The summed E-state index contributed by atoms with van der Waals surface area (Å²) >= 11 is 0.982. The highest BCUT2D eigenvalue weighted by Gasteiger charge is 2.28. The lowest BCUT2D eigenvalue weighted by molar-refractivity contribution is 0.102. The van der Waals surface area contributed by atoms with E-state index in [1.54, 1.807) is 12.4 Å². The Hall–Kier alpha value is -2.91. The lowest BCUT2D eigenvalue weighted by atomic mass is 9.76. The predicted octanol–water partition coefficient (Wildman–Crippen LogP) is 4.98. The molecule has 2 heterocycles. The highest BCUT2D eigenvalue weighted by molar-refractivity contribution is 7.13. The van der Waals surface area contributed by atoms with Crippen LogP contribution in [-0.2, 0) is 0 Å². The van der Waals surface area contributed by atoms with Gasteiger partial charge in [0.15, 0.2) is 11.6 Å². The number of ether oxygens (including phenoxy) is 1. The van der Waals surface area contributed by atoms with E-state index in [0.717, 1.165) is 42.2 Å². The van der Waals surface area contributed by atoms with Crippen LogP contribution in [0.1, 0.15) is 48.2 Å². The minimum absolute atomic E-state index is 0.0579. The molecule has 6 nitrogen and oxygen atoms in total. The van der Waals surface area contributed by atoms with E-state index in [1.165, 1.54) is 18.6 Å². The number of benzene rings is 1. The number of nitrogens with one attached hydrogen (secondary N) is 1. The number of nitrogens with zero attached hydrogens (tertiary/aromatic N) is 2. The van der Waals surface area contributed by atoms with Crippen LogP contribution in [-0.4, -0.2) is 29.0 Å². The van der Waals surface area contributed by atoms with E-state index in [9.17, 15) is 13.6 Å². The van der Waals surface area contributed by atoms with Gasteiger partial charge in [-0.05, 0) is 54.9 Å². The predicted molar refractivity (Wildman–Crippen MR) is 120 cm³/mol. The molecule has 0 saturated heterocycles. The molecular formula is C23H24F2N4O2S. The lowest BCUT2D eigenvalue weighted by Crippen LogP contribution is -2.31. The molecular weight excluding hydrogens is 434 g/mol. The monoisotopic (exact) mass is 458 g/mol. The Morgan fingerprint density at radius 2 is 2.06 bits per heavy atom. The van der Waals surface area contributed by atoms with Gasteiger partial charge in [0.25, 0.3) is 5.91 Å². The van der Waals surface area contributed by atoms with E-state index < -0.39 is 17.5 Å². The number of halogens is 2. The summed E-state index contributed by atoms with van der Waals surface area (Å²) in [6.45, 7) is 2.18. The molecule has 0 radical (unpaired) electrons. The number of hydrogen-bond acceptors (Lipinski definition) is 6. The molecule has 1 saturated carbocycles. The van der Waals surface area contributed by atoms with E-state index in [4.69, 9.17) is 10.5 Å². The first-order valence-electron chi connectivity index (χ1n) is 10.4. The van der Waals surface area contributed by atoms with Crippen LogP contribution in [0.5, 0.6) is 5.75 Å². The maximum Gasteiger partial charge on any atom is 0.275 e. The van der Waals surface area contributed by atoms with Crippen LogP contribution in [0.15, 0.2) is 36.0 Å². The number of anilines is 1. The third-order valence-corrected chi connectivity index (χ3v) is 6.61. The number of aromatic nitrogens is 2. The number of thiazole rings is 1. The minimum atomic E-state index is -0.855. The molecule has 3 aromatic rings. The molecule has 0 unspecified atom stereocenters. The normalized spacial score (nSPS) is 20.7. The smallest absolute Gasteiger partial charge is 0.275 e. The summed E-state index contributed by atoms with van der Waals surface area (Å²) in [4.78, 5) is 21.2. The number of nitrogens with two attached hydrogens (primary N) is 1. The molecule has 1 aliphatic carbocycles. The van der Waals surface area contributed by atoms with Crippen LogP contribution in [0.4, 0.5) is 14.5 Å². The molecule has 1 amide bonds. The first-order valence-corrected chi connectivity index (χ1v) is 11.2. The highest BCUT2D eigenvalue weighted by Crippen LogP contribution is 2.38. The lowest BCUT2D eigenvalue weighted by Gasteiger charge is -2.32. The molecule has 3 atom stereocenters. The molecule has 1 aliphatic rings. The van der Waals surface area contributed by atoms with Crippen LogP contribution in [0.2, 0.25) is 0 Å². The van der Waals surface area contributed by atoms with Gasteiger partial charge in [0.2, 0.25) is 0 Å². The number of carbonyl (C=O) groups excluding carboxylic acids is 1. The largest absolute Gasteiger partial charge is 0.494 e. The van der Waals surface area contributed by atoms with Crippen molar-refractivity contribution in [2.45, 2.75) is 38.1 Å². The average molecular weight is 459 g/mol. The Bertz CT molecular complexity index is 1130. The molecule has 0 spiro atoms. The zero-order chi connectivity index (χ0) is 22.8. The third-order valence-electron chi connectivity index (χ3n) is 5.75. The van der Waals surface area contributed by atoms with Crippen molar-refractivity contribution in [3.63, 3.8) is 0 Å². The Balaban J connectivity index is 1.58. The number of amides is 1. The van der Waals surface area contributed by atoms with Crippen molar-refractivity contribution in [2.24, 2.45) is 11.7 Å². The van der Waals surface area contributed by atoms with E-state index in [-0.39, 0.29) is 34.0 Å². The molecule has 9 heteroatoms. The van der Waals surface area contributed by atoms with Crippen molar-refractivity contribution >= 4 is 22.9 Å². The number of carbonyl (C=O) groups is 1. The molecule has 3 N–H and O–H groups in total. The molecule has 4 rings (SSSR count). The first kappa shape index (κ1) is 22.3. The molecule has 2 aromatic heterocycles. The fourth-order valence-corrected chi connectivity index (χ4v) is 5.18. The highest BCUT2D eigenvalue weighted by atomic mass is 32.1. The number of pyridine rings is 1. The second-order valence-corrected chi connectivity index (χ2v) is 9.02. The van der Waals surface area contributed by atoms with Crippen molar-refractivity contribution in [3.05, 3.63) is 58.9 Å². The standard InChI is InChI=1S/C23H24F2N4O2S/c1-12-7-13(9-14(26)8-12)15-5-6-27-10-17(15)28-22(30)18-11-32-23(29-18)20-16(24)3-4-19(31-2)21(20)25/h3-6,10-14H,7-9,26H2,1-2H3,(H,28,30)/t12-,13+,14+/m0/s1. The number of rotatable bonds is 5. The summed E-state index contributed by atoms with van der Waals surface area (Å²) < 4.78 is 33.8. The van der Waals surface area contributed by atoms with Crippen LogP contribution in [0.3, 0.4) is 0 Å². The van der Waals surface area contributed by atoms with E-state index in [2.05, 4.69) is 22.2 Å². The van der Waals surface area contributed by atoms with E-state index >= 15 is 0 Å². The first-order chi connectivity index (χ1) is 15.4. The molecule has 1 fully saturated rings. The third kappa shape index (κ3) is 4.49. The van der Waals surface area contributed by atoms with Crippen LogP contribution in [0.25, 0.3) is 10.6 Å². The topological polar surface area (TPSA) is 90.1 Å². The second-order valence-electron chi connectivity index (χ2n) is 8.16. The van der Waals surface area contributed by atoms with Crippen molar-refractivity contribution in [2.75, 3.05) is 12.4 Å². The van der Waals surface area contributed by atoms with Crippen molar-refractivity contribution < 1.29 is 18.3 Å². The van der Waals surface area contributed by atoms with Gasteiger partial charge in [-0.15, -0.1) is 11.3 Å². The van der Waals surface area contributed by atoms with Gasteiger partial charge in [-0.1, -0.05) is 6.92 Å². The summed E-state index contributed by atoms with van der Waals surface area (Å²) in [6, 6.07) is 4.33.